The Kier molecular flexibility index (Phi) is 3.37. The third-order valence-electron chi connectivity index (χ3n) is 5.25. The third kappa shape index (κ3) is 2.31. The smallest absolute Gasteiger partial charge is 0.235 e. The molecular weight excluding hydrogens is 240 g/mol. The van der Waals surface area contributed by atoms with Gasteiger partial charge in [-0.15, -0.1) is 0 Å². The zero-order chi connectivity index (χ0) is 13.5. The first-order valence-electron chi connectivity index (χ1n) is 7.69. The molecule has 0 aromatic heterocycles. The number of nitrogens with one attached hydrogen (secondary N) is 1. The van der Waals surface area contributed by atoms with E-state index in [0.29, 0.717) is 24.9 Å². The maximum atomic E-state index is 12.6. The highest BCUT2D eigenvalue weighted by molar-refractivity contribution is 6.06. The molecule has 0 radical (unpaired) electrons. The molecule has 1 spiro atoms. The molecule has 0 aromatic carbocycles. The van der Waals surface area contributed by atoms with Gasteiger partial charge in [-0.05, 0) is 45.1 Å². The van der Waals surface area contributed by atoms with Crippen LogP contribution < -0.4 is 5.32 Å². The largest absolute Gasteiger partial charge is 0.314 e. The molecule has 2 aliphatic heterocycles. The molecule has 2 atom stereocenters. The van der Waals surface area contributed by atoms with Crippen LogP contribution in [-0.4, -0.2) is 35.8 Å². The maximum Gasteiger partial charge on any atom is 0.235 e. The lowest BCUT2D eigenvalue weighted by molar-refractivity contribution is -0.142. The summed E-state index contributed by atoms with van der Waals surface area (Å²) >= 11 is 0. The number of hydrogen-bond donors (Lipinski definition) is 1. The summed E-state index contributed by atoms with van der Waals surface area (Å²) < 4.78 is 0. The van der Waals surface area contributed by atoms with Crippen LogP contribution in [0.1, 0.15) is 51.9 Å². The molecule has 4 heteroatoms. The Morgan fingerprint density at radius 1 is 1.26 bits per heavy atom. The van der Waals surface area contributed by atoms with E-state index in [4.69, 9.17) is 0 Å². The predicted octanol–water partition coefficient (Wildman–Crippen LogP) is 1.69. The molecular formula is C15H24N2O2. The summed E-state index contributed by atoms with van der Waals surface area (Å²) in [5.74, 6) is 0.653. The van der Waals surface area contributed by atoms with E-state index in [1.807, 2.05) is 0 Å². The van der Waals surface area contributed by atoms with Crippen molar-refractivity contribution in [1.82, 2.24) is 10.2 Å². The number of amides is 2. The molecule has 2 saturated heterocycles. The first-order chi connectivity index (χ1) is 9.11. The van der Waals surface area contributed by atoms with Crippen LogP contribution in [0.2, 0.25) is 0 Å². The Bertz CT molecular complexity index is 380. The number of rotatable bonds is 2. The molecule has 2 heterocycles. The Hall–Kier alpha value is -0.900. The molecule has 0 bridgehead atoms. The van der Waals surface area contributed by atoms with Gasteiger partial charge in [-0.3, -0.25) is 14.5 Å². The van der Waals surface area contributed by atoms with Crippen LogP contribution in [0.3, 0.4) is 0 Å². The SMILES string of the molecule is CC1CCC(CN2C(=O)CC3(CCCC3)C2=O)CN1. The average Bonchev–Trinajstić information content (AvgIpc) is 2.94. The fourth-order valence-electron chi connectivity index (χ4n) is 3.96. The number of hydrogen-bond acceptors (Lipinski definition) is 3. The van der Waals surface area contributed by atoms with E-state index < -0.39 is 0 Å². The van der Waals surface area contributed by atoms with Crippen molar-refractivity contribution in [2.45, 2.75) is 57.9 Å². The quantitative estimate of drug-likeness (QED) is 0.772. The summed E-state index contributed by atoms with van der Waals surface area (Å²) in [6.45, 7) is 3.76. The molecule has 4 nitrogen and oxygen atoms in total. The van der Waals surface area contributed by atoms with E-state index in [1.165, 1.54) is 0 Å². The van der Waals surface area contributed by atoms with E-state index in [9.17, 15) is 9.59 Å². The monoisotopic (exact) mass is 264 g/mol. The first kappa shape index (κ1) is 13.1. The number of carbonyl (C=O) groups excluding carboxylic acids is 2. The highest BCUT2D eigenvalue weighted by atomic mass is 16.2. The van der Waals surface area contributed by atoms with Gasteiger partial charge in [0.25, 0.3) is 0 Å². The lowest BCUT2D eigenvalue weighted by Gasteiger charge is -2.30. The van der Waals surface area contributed by atoms with Crippen LogP contribution in [0.15, 0.2) is 0 Å². The second-order valence-corrected chi connectivity index (χ2v) is 6.73. The van der Waals surface area contributed by atoms with Crippen molar-refractivity contribution in [2.24, 2.45) is 11.3 Å². The standard InChI is InChI=1S/C15H24N2O2/c1-11-4-5-12(9-16-11)10-17-13(18)8-15(14(17)19)6-2-3-7-15/h11-12,16H,2-10H2,1H3. The van der Waals surface area contributed by atoms with Gasteiger partial charge in [0.2, 0.25) is 11.8 Å². The molecule has 3 aliphatic rings. The van der Waals surface area contributed by atoms with Crippen molar-refractivity contribution in [3.05, 3.63) is 0 Å². The molecule has 3 rings (SSSR count). The lowest BCUT2D eigenvalue weighted by Crippen LogP contribution is -2.44. The van der Waals surface area contributed by atoms with Crippen molar-refractivity contribution in [1.29, 1.82) is 0 Å². The van der Waals surface area contributed by atoms with Crippen molar-refractivity contribution < 1.29 is 9.59 Å². The minimum Gasteiger partial charge on any atom is -0.314 e. The Morgan fingerprint density at radius 2 is 2.00 bits per heavy atom. The van der Waals surface area contributed by atoms with Crippen LogP contribution >= 0.6 is 0 Å². The third-order valence-corrected chi connectivity index (χ3v) is 5.25. The van der Waals surface area contributed by atoms with Crippen LogP contribution in [-0.2, 0) is 9.59 Å². The van der Waals surface area contributed by atoms with Crippen molar-refractivity contribution in [2.75, 3.05) is 13.1 Å². The normalized spacial score (nSPS) is 34.5. The van der Waals surface area contributed by atoms with Gasteiger partial charge in [0.05, 0.1) is 5.41 Å². The molecule has 1 saturated carbocycles. The summed E-state index contributed by atoms with van der Waals surface area (Å²) in [4.78, 5) is 26.3. The molecule has 2 unspecified atom stereocenters. The van der Waals surface area contributed by atoms with E-state index in [-0.39, 0.29) is 17.2 Å². The van der Waals surface area contributed by atoms with Gasteiger partial charge >= 0.3 is 0 Å². The molecule has 1 aliphatic carbocycles. The highest BCUT2D eigenvalue weighted by Gasteiger charge is 2.52. The summed E-state index contributed by atoms with van der Waals surface area (Å²) in [5, 5.41) is 3.45. The van der Waals surface area contributed by atoms with Gasteiger partial charge in [-0.2, -0.15) is 0 Å². The van der Waals surface area contributed by atoms with Gasteiger partial charge < -0.3 is 5.32 Å². The molecule has 2 amide bonds. The van der Waals surface area contributed by atoms with E-state index in [2.05, 4.69) is 12.2 Å². The van der Waals surface area contributed by atoms with Gasteiger partial charge in [-0.1, -0.05) is 12.8 Å². The summed E-state index contributed by atoms with van der Waals surface area (Å²) in [6.07, 6.45) is 6.80. The van der Waals surface area contributed by atoms with Crippen molar-refractivity contribution in [3.8, 4) is 0 Å². The molecule has 3 fully saturated rings. The topological polar surface area (TPSA) is 49.4 Å². The molecule has 1 N–H and O–H groups in total. The van der Waals surface area contributed by atoms with Crippen LogP contribution in [0.4, 0.5) is 0 Å². The highest BCUT2D eigenvalue weighted by Crippen LogP contribution is 2.47. The Balaban J connectivity index is 1.65. The fraction of sp³-hybridized carbons (Fsp3) is 0.867. The van der Waals surface area contributed by atoms with E-state index in [0.717, 1.165) is 45.1 Å². The number of likely N-dealkylation sites (tertiary alicyclic amines) is 1. The van der Waals surface area contributed by atoms with Crippen molar-refractivity contribution in [3.63, 3.8) is 0 Å². The molecule has 0 aromatic rings. The van der Waals surface area contributed by atoms with E-state index >= 15 is 0 Å². The van der Waals surface area contributed by atoms with Gasteiger partial charge in [0.1, 0.15) is 0 Å². The summed E-state index contributed by atoms with van der Waals surface area (Å²) in [6, 6.07) is 0.572. The number of carbonyl (C=O) groups is 2. The molecule has 106 valence electrons. The number of piperidine rings is 1. The minimum absolute atomic E-state index is 0.0746. The zero-order valence-electron chi connectivity index (χ0n) is 11.8. The first-order valence-corrected chi connectivity index (χ1v) is 7.69. The Labute approximate surface area is 114 Å². The minimum atomic E-state index is -0.299. The number of imide groups is 1. The zero-order valence-corrected chi connectivity index (χ0v) is 11.8. The van der Waals surface area contributed by atoms with Gasteiger partial charge in [0, 0.05) is 19.0 Å². The lowest BCUT2D eigenvalue weighted by atomic mass is 9.84. The van der Waals surface area contributed by atoms with Crippen LogP contribution in [0, 0.1) is 11.3 Å². The van der Waals surface area contributed by atoms with Gasteiger partial charge in [0.15, 0.2) is 0 Å². The second-order valence-electron chi connectivity index (χ2n) is 6.73. The maximum absolute atomic E-state index is 12.6. The second kappa shape index (κ2) is 4.89. The number of nitrogens with zero attached hydrogens (tertiary/aromatic N) is 1. The average molecular weight is 264 g/mol. The predicted molar refractivity (Wildman–Crippen MR) is 72.4 cm³/mol. The Morgan fingerprint density at radius 3 is 2.63 bits per heavy atom. The summed E-state index contributed by atoms with van der Waals surface area (Å²) in [7, 11) is 0. The van der Waals surface area contributed by atoms with E-state index in [1.54, 1.807) is 4.90 Å². The molecule has 19 heavy (non-hydrogen) atoms. The summed E-state index contributed by atoms with van der Waals surface area (Å²) in [5.41, 5.74) is -0.299. The van der Waals surface area contributed by atoms with Crippen molar-refractivity contribution >= 4 is 11.8 Å². The van der Waals surface area contributed by atoms with Crippen LogP contribution in [0.25, 0.3) is 0 Å². The van der Waals surface area contributed by atoms with Gasteiger partial charge in [-0.25, -0.2) is 0 Å². The fourth-order valence-corrected chi connectivity index (χ4v) is 3.96. The van der Waals surface area contributed by atoms with Crippen LogP contribution in [0.5, 0.6) is 0 Å².